The van der Waals surface area contributed by atoms with E-state index in [0.717, 1.165) is 5.56 Å². The third kappa shape index (κ3) is 2.77. The molecular weight excluding hydrogens is 345 g/mol. The fourth-order valence-electron chi connectivity index (χ4n) is 2.21. The Balaban J connectivity index is 2.49. The van der Waals surface area contributed by atoms with Gasteiger partial charge in [0.1, 0.15) is 5.84 Å². The van der Waals surface area contributed by atoms with Gasteiger partial charge in [0.25, 0.3) is 10.0 Å². The average Bonchev–Trinajstić information content (AvgIpc) is 2.69. The van der Waals surface area contributed by atoms with E-state index in [1.54, 1.807) is 19.1 Å². The van der Waals surface area contributed by atoms with Crippen molar-refractivity contribution in [1.29, 1.82) is 0 Å². The molecule has 2 atom stereocenters. The molecule has 0 spiro atoms. The molecule has 0 N–H and O–H groups in total. The summed E-state index contributed by atoms with van der Waals surface area (Å²) in [7, 11) is -4.06. The maximum absolute atomic E-state index is 12.9. The van der Waals surface area contributed by atoms with Gasteiger partial charge in [0.05, 0.1) is 4.90 Å². The summed E-state index contributed by atoms with van der Waals surface area (Å²) >= 11 is 6.15. The van der Waals surface area contributed by atoms with Crippen molar-refractivity contribution < 1.29 is 13.0 Å². The van der Waals surface area contributed by atoms with Crippen molar-refractivity contribution in [2.75, 3.05) is 0 Å². The molecule has 0 saturated heterocycles. The fourth-order valence-corrected chi connectivity index (χ4v) is 7.74. The van der Waals surface area contributed by atoms with Crippen LogP contribution in [0.1, 0.15) is 32.8 Å². The predicted octanol–water partition coefficient (Wildman–Crippen LogP) is 3.78. The summed E-state index contributed by atoms with van der Waals surface area (Å²) in [6.45, 7) is 3.35. The predicted molar refractivity (Wildman–Crippen MR) is 88.4 cm³/mol. The number of halogens is 1. The van der Waals surface area contributed by atoms with Gasteiger partial charge in [-0.15, -0.1) is 5.10 Å². The van der Waals surface area contributed by atoms with Gasteiger partial charge >= 0.3 is 6.80 Å². The third-order valence-electron chi connectivity index (χ3n) is 3.58. The van der Waals surface area contributed by atoms with E-state index in [2.05, 4.69) is 5.10 Å². The van der Waals surface area contributed by atoms with Gasteiger partial charge in [-0.25, -0.2) is 0 Å². The van der Waals surface area contributed by atoms with E-state index in [1.807, 2.05) is 20.8 Å². The van der Waals surface area contributed by atoms with Crippen LogP contribution in [0.4, 0.5) is 0 Å². The lowest BCUT2D eigenvalue weighted by molar-refractivity contribution is 0.439. The van der Waals surface area contributed by atoms with Crippen molar-refractivity contribution in [3.05, 3.63) is 29.8 Å². The Morgan fingerprint density at radius 1 is 1.27 bits per heavy atom. The number of hydrogen-bond donors (Lipinski definition) is 0. The van der Waals surface area contributed by atoms with Crippen molar-refractivity contribution in [3.8, 4) is 0 Å². The highest BCUT2D eigenvalue weighted by atomic mass is 35.7. The lowest BCUT2D eigenvalue weighted by Gasteiger charge is -2.29. The summed E-state index contributed by atoms with van der Waals surface area (Å²) < 4.78 is 40.2. The van der Waals surface area contributed by atoms with Crippen LogP contribution < -0.4 is 0 Å². The van der Waals surface area contributed by atoms with Crippen molar-refractivity contribution in [3.63, 3.8) is 0 Å². The number of amidine groups is 1. The lowest BCUT2D eigenvalue weighted by atomic mass is 10.2. The Labute approximate surface area is 136 Å². The number of hydrazone groups is 1. The van der Waals surface area contributed by atoms with Crippen molar-refractivity contribution >= 4 is 33.9 Å². The molecule has 1 heterocycles. The monoisotopic (exact) mass is 363 g/mol. The molecule has 0 fully saturated rings. The molecule has 122 valence electrons. The molecule has 0 bridgehead atoms. The van der Waals surface area contributed by atoms with E-state index < -0.39 is 16.8 Å². The molecule has 0 saturated carbocycles. The first kappa shape index (κ1) is 17.3. The summed E-state index contributed by atoms with van der Waals surface area (Å²) in [6, 6.07) is 6.08. The Bertz CT molecular complexity index is 748. The van der Waals surface area contributed by atoms with Crippen LogP contribution >= 0.6 is 18.0 Å². The molecular formula is C13H19ClN3O3PS. The highest BCUT2D eigenvalue weighted by Crippen LogP contribution is 2.64. The number of aryl methyl sites for hydroxylation is 1. The molecule has 1 aliphatic heterocycles. The van der Waals surface area contributed by atoms with Crippen molar-refractivity contribution in [1.82, 2.24) is 8.86 Å². The minimum absolute atomic E-state index is 0.0153. The normalized spacial score (nSPS) is 23.6. The summed E-state index contributed by atoms with van der Waals surface area (Å²) in [5.41, 5.74) is 0.926. The molecule has 9 heteroatoms. The van der Waals surface area contributed by atoms with Gasteiger partial charge in [0.2, 0.25) is 0 Å². The molecule has 1 aromatic rings. The summed E-state index contributed by atoms with van der Waals surface area (Å²) in [5.74, 6) is 0.336. The molecule has 1 aromatic carbocycles. The number of hydrogen-bond acceptors (Lipinski definition) is 4. The zero-order valence-corrected chi connectivity index (χ0v) is 15.4. The van der Waals surface area contributed by atoms with Crippen molar-refractivity contribution in [2.24, 2.45) is 5.10 Å². The van der Waals surface area contributed by atoms with E-state index in [1.165, 1.54) is 16.8 Å². The first-order chi connectivity index (χ1) is 10.1. The Morgan fingerprint density at radius 3 is 2.32 bits per heavy atom. The molecule has 0 aromatic heterocycles. The summed E-state index contributed by atoms with van der Waals surface area (Å²) in [4.78, 5) is 0.0153. The highest BCUT2D eigenvalue weighted by molar-refractivity contribution is 8.01. The zero-order valence-electron chi connectivity index (χ0n) is 12.9. The fraction of sp³-hybridized carbons (Fsp3) is 0.462. The van der Waals surface area contributed by atoms with Gasteiger partial charge in [0, 0.05) is 6.04 Å². The maximum Gasteiger partial charge on any atom is 0.383 e. The lowest BCUT2D eigenvalue weighted by Crippen LogP contribution is -2.31. The van der Waals surface area contributed by atoms with Crippen LogP contribution in [0.25, 0.3) is 0 Å². The largest absolute Gasteiger partial charge is 0.383 e. The van der Waals surface area contributed by atoms with Crippen LogP contribution in [-0.4, -0.2) is 29.2 Å². The first-order valence-corrected chi connectivity index (χ1v) is 10.8. The van der Waals surface area contributed by atoms with Gasteiger partial charge in [0.15, 0.2) is 0 Å². The van der Waals surface area contributed by atoms with E-state index >= 15 is 0 Å². The Hall–Kier alpha value is -1.04. The molecule has 0 radical (unpaired) electrons. The second-order valence-electron chi connectivity index (χ2n) is 5.26. The molecule has 22 heavy (non-hydrogen) atoms. The topological polar surface area (TPSA) is 70.0 Å². The minimum Gasteiger partial charge on any atom is -0.277 e. The second kappa shape index (κ2) is 5.87. The van der Waals surface area contributed by atoms with Crippen LogP contribution in [0.3, 0.4) is 0 Å². The first-order valence-electron chi connectivity index (χ1n) is 6.89. The van der Waals surface area contributed by atoms with Gasteiger partial charge in [-0.05, 0) is 50.6 Å². The zero-order chi connectivity index (χ0) is 16.7. The van der Waals surface area contributed by atoms with E-state index in [0.29, 0.717) is 16.4 Å². The maximum atomic E-state index is 12.9. The van der Waals surface area contributed by atoms with Crippen LogP contribution in [-0.2, 0) is 14.6 Å². The molecule has 0 aliphatic carbocycles. The molecule has 0 amide bonds. The van der Waals surface area contributed by atoms with Crippen LogP contribution in [0, 0.1) is 6.92 Å². The van der Waals surface area contributed by atoms with Gasteiger partial charge in [-0.1, -0.05) is 28.8 Å². The van der Waals surface area contributed by atoms with Gasteiger partial charge in [-0.3, -0.25) is 9.24 Å². The van der Waals surface area contributed by atoms with Gasteiger partial charge in [-0.2, -0.15) is 8.42 Å². The number of nitrogens with zero attached hydrogens (tertiary/aromatic N) is 3. The van der Waals surface area contributed by atoms with Crippen LogP contribution in [0.5, 0.6) is 0 Å². The van der Waals surface area contributed by atoms with E-state index in [9.17, 15) is 13.0 Å². The number of rotatable bonds is 4. The average molecular weight is 364 g/mol. The Kier molecular flexibility index (Phi) is 4.62. The molecule has 2 unspecified atom stereocenters. The molecule has 2 rings (SSSR count). The summed E-state index contributed by atoms with van der Waals surface area (Å²) in [6.07, 6.45) is 0.669. The smallest absolute Gasteiger partial charge is 0.277 e. The third-order valence-corrected chi connectivity index (χ3v) is 9.18. The van der Waals surface area contributed by atoms with Crippen LogP contribution in [0.2, 0.25) is 0 Å². The molecule has 1 aliphatic rings. The second-order valence-corrected chi connectivity index (χ2v) is 10.4. The quantitative estimate of drug-likeness (QED) is 0.763. The van der Waals surface area contributed by atoms with Crippen molar-refractivity contribution in [2.45, 2.75) is 45.1 Å². The van der Waals surface area contributed by atoms with Gasteiger partial charge < -0.3 is 0 Å². The Morgan fingerprint density at radius 2 is 1.82 bits per heavy atom. The number of sulfonamides is 1. The molecule has 6 nitrogen and oxygen atoms in total. The summed E-state index contributed by atoms with van der Waals surface area (Å²) in [5, 5.41) is 3.96. The SMILES string of the molecule is CCC(C)N1C(C)=NN(S(=O)(=O)c2ccc(C)cc2)P1(=O)Cl. The standard InChI is InChI=1S/C13H19ClN3O3PS/c1-5-11(3)16-12(4)15-17(21(16,14)18)22(19,20)13-8-6-10(2)7-9-13/h6-9,11H,5H2,1-4H3. The highest BCUT2D eigenvalue weighted by Gasteiger charge is 2.50. The number of benzene rings is 1. The van der Waals surface area contributed by atoms with E-state index in [-0.39, 0.29) is 10.9 Å². The van der Waals surface area contributed by atoms with Crippen LogP contribution in [0.15, 0.2) is 34.3 Å². The van der Waals surface area contributed by atoms with E-state index in [4.69, 9.17) is 11.2 Å². The minimum atomic E-state index is -4.06.